The van der Waals surface area contributed by atoms with Gasteiger partial charge in [0.05, 0.1) is 16.8 Å². The average molecular weight is 463 g/mol. The maximum absolute atomic E-state index is 13.2. The van der Waals surface area contributed by atoms with E-state index in [1.54, 1.807) is 41.6 Å². The van der Waals surface area contributed by atoms with E-state index in [0.29, 0.717) is 23.5 Å². The Hall–Kier alpha value is -4.85. The summed E-state index contributed by atoms with van der Waals surface area (Å²) in [5.74, 6) is -0.381. The minimum atomic E-state index is -0.202. The lowest BCUT2D eigenvalue weighted by Gasteiger charge is -2.12. The van der Waals surface area contributed by atoms with Crippen LogP contribution in [0.25, 0.3) is 22.2 Å². The number of para-hydroxylation sites is 1. The lowest BCUT2D eigenvalue weighted by Crippen LogP contribution is -2.23. The Kier molecular flexibility index (Phi) is 6.25. The number of rotatable bonds is 7. The van der Waals surface area contributed by atoms with Crippen LogP contribution in [0.4, 0.5) is 5.69 Å². The molecular weight excluding hydrogens is 440 g/mol. The van der Waals surface area contributed by atoms with Crippen molar-refractivity contribution < 1.29 is 9.59 Å². The van der Waals surface area contributed by atoms with Crippen molar-refractivity contribution in [1.82, 2.24) is 25.1 Å². The number of hydrogen-bond acceptors (Lipinski definition) is 5. The Labute approximate surface area is 201 Å². The van der Waals surface area contributed by atoms with Crippen LogP contribution < -0.4 is 10.6 Å². The predicted molar refractivity (Wildman–Crippen MR) is 133 cm³/mol. The van der Waals surface area contributed by atoms with Crippen molar-refractivity contribution in [2.24, 2.45) is 0 Å². The van der Waals surface area contributed by atoms with Gasteiger partial charge < -0.3 is 10.6 Å². The summed E-state index contributed by atoms with van der Waals surface area (Å²) in [4.78, 5) is 34.3. The Morgan fingerprint density at radius 1 is 0.886 bits per heavy atom. The van der Waals surface area contributed by atoms with Gasteiger partial charge >= 0.3 is 0 Å². The Balaban J connectivity index is 1.32. The first-order valence-corrected chi connectivity index (χ1v) is 11.1. The van der Waals surface area contributed by atoms with Crippen LogP contribution in [0.1, 0.15) is 15.9 Å². The zero-order valence-corrected chi connectivity index (χ0v) is 18.8. The third-order valence-electron chi connectivity index (χ3n) is 5.47. The average Bonchev–Trinajstić information content (AvgIpc) is 3.40. The van der Waals surface area contributed by atoms with Crippen molar-refractivity contribution in [1.29, 1.82) is 0 Å². The summed E-state index contributed by atoms with van der Waals surface area (Å²) in [6.07, 6.45) is 6.76. The molecule has 2 aromatic carbocycles. The second-order valence-electron chi connectivity index (χ2n) is 7.94. The van der Waals surface area contributed by atoms with Gasteiger partial charge in [-0.25, -0.2) is 4.98 Å². The zero-order valence-electron chi connectivity index (χ0n) is 18.8. The first kappa shape index (κ1) is 22.0. The number of nitrogens with zero attached hydrogens (tertiary/aromatic N) is 4. The van der Waals surface area contributed by atoms with Gasteiger partial charge in [0.15, 0.2) is 0 Å². The van der Waals surface area contributed by atoms with Crippen LogP contribution in [0.5, 0.6) is 0 Å². The largest absolute Gasteiger partial charge is 0.348 e. The highest BCUT2D eigenvalue weighted by molar-refractivity contribution is 6.07. The van der Waals surface area contributed by atoms with Crippen molar-refractivity contribution >= 4 is 28.4 Å². The molecule has 0 bridgehead atoms. The van der Waals surface area contributed by atoms with E-state index in [4.69, 9.17) is 4.98 Å². The SMILES string of the molecule is O=C(Cn1cccn1)Nc1cccc(CNC(=O)c2cc(-c3ccncc3)nc3ccccc23)c1. The molecular formula is C27H22N6O2. The molecule has 0 unspecified atom stereocenters. The van der Waals surface area contributed by atoms with E-state index in [0.717, 1.165) is 22.0 Å². The molecule has 8 nitrogen and oxygen atoms in total. The molecule has 2 amide bonds. The predicted octanol–water partition coefficient (Wildman–Crippen LogP) is 4.06. The number of hydrogen-bond donors (Lipinski definition) is 2. The fourth-order valence-corrected chi connectivity index (χ4v) is 3.81. The van der Waals surface area contributed by atoms with Crippen molar-refractivity contribution in [3.63, 3.8) is 0 Å². The maximum Gasteiger partial charge on any atom is 0.252 e. The standard InChI is InChI=1S/C27H22N6O2/c34-26(18-33-14-4-11-30-33)31-21-6-3-5-19(15-21)17-29-27(35)23-16-25(20-9-12-28-13-10-20)32-24-8-2-1-7-22(23)24/h1-16H,17-18H2,(H,29,35)(H,31,34). The van der Waals surface area contributed by atoms with Crippen LogP contribution in [-0.2, 0) is 17.9 Å². The van der Waals surface area contributed by atoms with Gasteiger partial charge in [-0.05, 0) is 48.0 Å². The summed E-state index contributed by atoms with van der Waals surface area (Å²) >= 11 is 0. The van der Waals surface area contributed by atoms with E-state index in [9.17, 15) is 9.59 Å². The lowest BCUT2D eigenvalue weighted by molar-refractivity contribution is -0.116. The van der Waals surface area contributed by atoms with Crippen molar-refractivity contribution in [2.75, 3.05) is 5.32 Å². The van der Waals surface area contributed by atoms with Gasteiger partial charge in [0.25, 0.3) is 5.91 Å². The van der Waals surface area contributed by atoms with E-state index in [1.165, 1.54) is 0 Å². The number of anilines is 1. The molecule has 0 aliphatic rings. The molecule has 0 aliphatic heterocycles. The molecule has 0 saturated heterocycles. The molecule has 3 heterocycles. The van der Waals surface area contributed by atoms with Crippen LogP contribution in [0, 0.1) is 0 Å². The number of aromatic nitrogens is 4. The maximum atomic E-state index is 13.2. The first-order valence-electron chi connectivity index (χ1n) is 11.1. The highest BCUT2D eigenvalue weighted by Crippen LogP contribution is 2.24. The number of carbonyl (C=O) groups is 2. The topological polar surface area (TPSA) is 102 Å². The van der Waals surface area contributed by atoms with E-state index in [-0.39, 0.29) is 18.4 Å². The Bertz CT molecular complexity index is 1480. The van der Waals surface area contributed by atoms with E-state index < -0.39 is 0 Å². The molecule has 0 spiro atoms. The molecule has 2 N–H and O–H groups in total. The highest BCUT2D eigenvalue weighted by Gasteiger charge is 2.14. The normalized spacial score (nSPS) is 10.7. The van der Waals surface area contributed by atoms with Gasteiger partial charge in [-0.3, -0.25) is 19.3 Å². The molecule has 0 fully saturated rings. The molecule has 3 aromatic heterocycles. The minimum Gasteiger partial charge on any atom is -0.348 e. The van der Waals surface area contributed by atoms with Gasteiger partial charge in [-0.1, -0.05) is 30.3 Å². The molecule has 8 heteroatoms. The summed E-state index contributed by atoms with van der Waals surface area (Å²) in [6.45, 7) is 0.436. The van der Waals surface area contributed by atoms with Crippen LogP contribution in [0.3, 0.4) is 0 Å². The Morgan fingerprint density at radius 3 is 2.57 bits per heavy atom. The lowest BCUT2D eigenvalue weighted by atomic mass is 10.0. The summed E-state index contributed by atoms with van der Waals surface area (Å²) in [6, 6.07) is 22.3. The fraction of sp³-hybridized carbons (Fsp3) is 0.0741. The third kappa shape index (κ3) is 5.22. The monoisotopic (exact) mass is 462 g/mol. The number of fused-ring (bicyclic) bond motifs is 1. The summed E-state index contributed by atoms with van der Waals surface area (Å²) < 4.78 is 1.55. The molecule has 5 rings (SSSR count). The summed E-state index contributed by atoms with van der Waals surface area (Å²) in [5, 5.41) is 10.7. The van der Waals surface area contributed by atoms with Gasteiger partial charge in [-0.15, -0.1) is 0 Å². The van der Waals surface area contributed by atoms with Crippen LogP contribution in [0.15, 0.2) is 97.6 Å². The summed E-state index contributed by atoms with van der Waals surface area (Å²) in [7, 11) is 0. The van der Waals surface area contributed by atoms with Crippen LogP contribution in [0.2, 0.25) is 0 Å². The number of carbonyl (C=O) groups excluding carboxylic acids is 2. The molecule has 0 aliphatic carbocycles. The van der Waals surface area contributed by atoms with Gasteiger partial charge in [-0.2, -0.15) is 5.10 Å². The molecule has 0 radical (unpaired) electrons. The fourth-order valence-electron chi connectivity index (χ4n) is 3.81. The molecule has 0 saturated carbocycles. The minimum absolute atomic E-state index is 0.128. The van der Waals surface area contributed by atoms with Gasteiger partial charge in [0.2, 0.25) is 5.91 Å². The van der Waals surface area contributed by atoms with Crippen molar-refractivity contribution in [3.8, 4) is 11.3 Å². The number of pyridine rings is 2. The second kappa shape index (κ2) is 9.96. The van der Waals surface area contributed by atoms with Gasteiger partial charge in [0, 0.05) is 48.0 Å². The number of nitrogens with one attached hydrogen (secondary N) is 2. The smallest absolute Gasteiger partial charge is 0.252 e. The molecule has 5 aromatic rings. The van der Waals surface area contributed by atoms with Gasteiger partial charge in [0.1, 0.15) is 6.54 Å². The van der Waals surface area contributed by atoms with Crippen molar-refractivity contribution in [3.05, 3.63) is 109 Å². The van der Waals surface area contributed by atoms with E-state index in [1.807, 2.05) is 60.7 Å². The Morgan fingerprint density at radius 2 is 1.74 bits per heavy atom. The number of amides is 2. The van der Waals surface area contributed by atoms with E-state index >= 15 is 0 Å². The second-order valence-corrected chi connectivity index (χ2v) is 7.94. The van der Waals surface area contributed by atoms with E-state index in [2.05, 4.69) is 20.7 Å². The van der Waals surface area contributed by atoms with Crippen molar-refractivity contribution in [2.45, 2.75) is 13.1 Å². The number of benzene rings is 2. The van der Waals surface area contributed by atoms with Crippen LogP contribution >= 0.6 is 0 Å². The molecule has 172 valence electrons. The zero-order chi connectivity index (χ0) is 24.0. The summed E-state index contributed by atoms with van der Waals surface area (Å²) in [5.41, 5.74) is 4.41. The molecule has 0 atom stereocenters. The highest BCUT2D eigenvalue weighted by atomic mass is 16.2. The van der Waals surface area contributed by atoms with Crippen LogP contribution in [-0.4, -0.2) is 31.6 Å². The first-order chi connectivity index (χ1) is 17.2. The molecule has 35 heavy (non-hydrogen) atoms. The quantitative estimate of drug-likeness (QED) is 0.380. The third-order valence-corrected chi connectivity index (χ3v) is 5.47.